The van der Waals surface area contributed by atoms with E-state index in [1.165, 1.54) is 0 Å². The second-order valence-electron chi connectivity index (χ2n) is 5.09. The number of aryl methyl sites for hydroxylation is 1. The molecule has 0 aliphatic rings. The summed E-state index contributed by atoms with van der Waals surface area (Å²) >= 11 is 0. The Kier molecular flexibility index (Phi) is 5.16. The van der Waals surface area contributed by atoms with Crippen molar-refractivity contribution in [1.82, 2.24) is 0 Å². The highest BCUT2D eigenvalue weighted by molar-refractivity contribution is 5.94. The van der Waals surface area contributed by atoms with Crippen molar-refractivity contribution in [3.63, 3.8) is 0 Å². The van der Waals surface area contributed by atoms with E-state index in [0.29, 0.717) is 12.1 Å². The van der Waals surface area contributed by atoms with Crippen molar-refractivity contribution in [3.05, 3.63) is 59.7 Å². The zero-order chi connectivity index (χ0) is 15.9. The summed E-state index contributed by atoms with van der Waals surface area (Å²) in [5.41, 5.74) is 2.69. The van der Waals surface area contributed by atoms with Gasteiger partial charge in [0, 0.05) is 5.69 Å². The molecule has 112 valence electrons. The molecule has 0 saturated heterocycles. The van der Waals surface area contributed by atoms with Gasteiger partial charge in [0.15, 0.2) is 0 Å². The number of benzene rings is 2. The minimum atomic E-state index is -0.728. The first-order valence-corrected chi connectivity index (χ1v) is 7.02. The van der Waals surface area contributed by atoms with Gasteiger partial charge in [-0.25, -0.2) is 0 Å². The number of hydrogen-bond acceptors (Lipinski definition) is 3. The topological polar surface area (TPSA) is 62.1 Å². The van der Waals surface area contributed by atoms with Crippen molar-refractivity contribution in [2.24, 2.45) is 5.92 Å². The van der Waals surface area contributed by atoms with Crippen molar-refractivity contribution in [2.75, 3.05) is 12.4 Å². The number of carbonyl (C=O) groups excluding carboxylic acids is 1. The molecule has 0 saturated carbocycles. The lowest BCUT2D eigenvalue weighted by atomic mass is 9.99. The minimum absolute atomic E-state index is 0.288. The van der Waals surface area contributed by atoms with Gasteiger partial charge in [-0.05, 0) is 48.7 Å². The Morgan fingerprint density at radius 2 is 2.00 bits per heavy atom. The molecule has 2 aromatic carbocycles. The van der Waals surface area contributed by atoms with Crippen molar-refractivity contribution < 1.29 is 9.53 Å². The molecule has 0 heterocycles. The van der Waals surface area contributed by atoms with E-state index in [2.05, 4.69) is 11.4 Å². The highest BCUT2D eigenvalue weighted by atomic mass is 16.5. The molecule has 0 radical (unpaired) electrons. The zero-order valence-corrected chi connectivity index (χ0v) is 12.7. The van der Waals surface area contributed by atoms with Gasteiger partial charge in [-0.15, -0.1) is 0 Å². The molecule has 4 nitrogen and oxygen atoms in total. The Hall–Kier alpha value is -2.80. The molecule has 1 atom stereocenters. The van der Waals surface area contributed by atoms with Crippen LogP contribution in [0.15, 0.2) is 48.5 Å². The standard InChI is InChI=1S/C18H18N2O2/c1-13-4-3-5-16(10-13)20-18(21)15(12-19)11-14-6-8-17(22-2)9-7-14/h3-10,15H,11H2,1-2H3,(H,20,21)/t15-/m1/s1. The summed E-state index contributed by atoms with van der Waals surface area (Å²) in [6, 6.07) is 17.0. The van der Waals surface area contributed by atoms with E-state index in [4.69, 9.17) is 4.74 Å². The predicted molar refractivity (Wildman–Crippen MR) is 85.6 cm³/mol. The summed E-state index contributed by atoms with van der Waals surface area (Å²) in [6.07, 6.45) is 0.373. The number of nitrogens with zero attached hydrogens (tertiary/aromatic N) is 1. The van der Waals surface area contributed by atoms with E-state index in [1.54, 1.807) is 7.11 Å². The van der Waals surface area contributed by atoms with Crippen LogP contribution >= 0.6 is 0 Å². The molecule has 0 aliphatic carbocycles. The zero-order valence-electron chi connectivity index (χ0n) is 12.7. The maximum Gasteiger partial charge on any atom is 0.242 e. The largest absolute Gasteiger partial charge is 0.497 e. The van der Waals surface area contributed by atoms with Gasteiger partial charge in [-0.2, -0.15) is 5.26 Å². The van der Waals surface area contributed by atoms with Gasteiger partial charge in [0.1, 0.15) is 11.7 Å². The Morgan fingerprint density at radius 3 is 2.59 bits per heavy atom. The minimum Gasteiger partial charge on any atom is -0.497 e. The van der Waals surface area contributed by atoms with Crippen molar-refractivity contribution in [1.29, 1.82) is 5.26 Å². The van der Waals surface area contributed by atoms with Crippen LogP contribution in [0.25, 0.3) is 0 Å². The fourth-order valence-corrected chi connectivity index (χ4v) is 2.15. The molecule has 1 N–H and O–H groups in total. The summed E-state index contributed by atoms with van der Waals surface area (Å²) in [4.78, 5) is 12.2. The SMILES string of the molecule is COc1ccc(C[C@H](C#N)C(=O)Nc2cccc(C)c2)cc1. The van der Waals surface area contributed by atoms with Crippen LogP contribution in [0, 0.1) is 24.2 Å². The van der Waals surface area contributed by atoms with Crippen LogP contribution in [0.5, 0.6) is 5.75 Å². The van der Waals surface area contributed by atoms with Crippen LogP contribution in [0.4, 0.5) is 5.69 Å². The number of nitrogens with one attached hydrogen (secondary N) is 1. The molecule has 1 amide bonds. The van der Waals surface area contributed by atoms with E-state index < -0.39 is 5.92 Å². The molecule has 0 bridgehead atoms. The lowest BCUT2D eigenvalue weighted by Crippen LogP contribution is -2.23. The Bertz CT molecular complexity index is 687. The van der Waals surface area contributed by atoms with Gasteiger partial charge in [0.25, 0.3) is 0 Å². The van der Waals surface area contributed by atoms with Crippen molar-refractivity contribution >= 4 is 11.6 Å². The van der Waals surface area contributed by atoms with E-state index >= 15 is 0 Å². The molecular formula is C18H18N2O2. The Labute approximate surface area is 130 Å². The summed E-state index contributed by atoms with van der Waals surface area (Å²) in [7, 11) is 1.60. The first kappa shape index (κ1) is 15.6. The number of methoxy groups -OCH3 is 1. The highest BCUT2D eigenvalue weighted by Crippen LogP contribution is 2.16. The molecule has 0 fully saturated rings. The normalized spacial score (nSPS) is 11.3. The summed E-state index contributed by atoms with van der Waals surface area (Å²) in [6.45, 7) is 1.95. The van der Waals surface area contributed by atoms with Crippen LogP contribution in [0.3, 0.4) is 0 Å². The van der Waals surface area contributed by atoms with Crippen LogP contribution < -0.4 is 10.1 Å². The number of nitriles is 1. The Balaban J connectivity index is 2.04. The van der Waals surface area contributed by atoms with Gasteiger partial charge in [-0.3, -0.25) is 4.79 Å². The molecular weight excluding hydrogens is 276 g/mol. The van der Waals surface area contributed by atoms with Crippen LogP contribution in [-0.4, -0.2) is 13.0 Å². The van der Waals surface area contributed by atoms with Crippen molar-refractivity contribution in [3.8, 4) is 11.8 Å². The third kappa shape index (κ3) is 4.10. The van der Waals surface area contributed by atoms with Gasteiger partial charge in [0.2, 0.25) is 5.91 Å². The monoisotopic (exact) mass is 294 g/mol. The molecule has 2 rings (SSSR count). The number of rotatable bonds is 5. The average molecular weight is 294 g/mol. The number of hydrogen-bond donors (Lipinski definition) is 1. The van der Waals surface area contributed by atoms with E-state index in [9.17, 15) is 10.1 Å². The fraction of sp³-hybridized carbons (Fsp3) is 0.222. The lowest BCUT2D eigenvalue weighted by Gasteiger charge is -2.11. The predicted octanol–water partition coefficient (Wildman–Crippen LogP) is 3.32. The second kappa shape index (κ2) is 7.28. The third-order valence-electron chi connectivity index (χ3n) is 3.36. The average Bonchev–Trinajstić information content (AvgIpc) is 2.53. The van der Waals surface area contributed by atoms with Crippen LogP contribution in [0.1, 0.15) is 11.1 Å². The molecule has 0 aliphatic heterocycles. The maximum absolute atomic E-state index is 12.2. The molecule has 4 heteroatoms. The Morgan fingerprint density at radius 1 is 1.27 bits per heavy atom. The smallest absolute Gasteiger partial charge is 0.242 e. The lowest BCUT2D eigenvalue weighted by molar-refractivity contribution is -0.118. The number of ether oxygens (including phenoxy) is 1. The van der Waals surface area contributed by atoms with Gasteiger partial charge in [-0.1, -0.05) is 24.3 Å². The molecule has 0 unspecified atom stereocenters. The van der Waals surface area contributed by atoms with Crippen molar-refractivity contribution in [2.45, 2.75) is 13.3 Å². The summed E-state index contributed by atoms with van der Waals surface area (Å²) in [5, 5.41) is 12.0. The third-order valence-corrected chi connectivity index (χ3v) is 3.36. The number of amides is 1. The molecule has 2 aromatic rings. The first-order chi connectivity index (χ1) is 10.6. The van der Waals surface area contributed by atoms with E-state index in [1.807, 2.05) is 55.5 Å². The van der Waals surface area contributed by atoms with E-state index in [-0.39, 0.29) is 5.91 Å². The quantitative estimate of drug-likeness (QED) is 0.920. The van der Waals surface area contributed by atoms with Gasteiger partial charge >= 0.3 is 0 Å². The van der Waals surface area contributed by atoms with Gasteiger partial charge in [0.05, 0.1) is 13.2 Å². The van der Waals surface area contributed by atoms with Crippen LogP contribution in [0.2, 0.25) is 0 Å². The second-order valence-corrected chi connectivity index (χ2v) is 5.09. The summed E-state index contributed by atoms with van der Waals surface area (Å²) < 4.78 is 5.09. The van der Waals surface area contributed by atoms with Gasteiger partial charge < -0.3 is 10.1 Å². The highest BCUT2D eigenvalue weighted by Gasteiger charge is 2.18. The first-order valence-electron chi connectivity index (χ1n) is 7.02. The molecule has 22 heavy (non-hydrogen) atoms. The maximum atomic E-state index is 12.2. The summed E-state index contributed by atoms with van der Waals surface area (Å²) in [5.74, 6) is -0.265. The van der Waals surface area contributed by atoms with E-state index in [0.717, 1.165) is 16.9 Å². The molecule has 0 spiro atoms. The number of carbonyl (C=O) groups is 1. The van der Waals surface area contributed by atoms with Crippen LogP contribution in [-0.2, 0) is 11.2 Å². The fourth-order valence-electron chi connectivity index (χ4n) is 2.15. The number of anilines is 1. The molecule has 0 aromatic heterocycles.